The molecule has 2 aliphatic rings. The van der Waals surface area contributed by atoms with Gasteiger partial charge in [-0.1, -0.05) is 51.7 Å². The molecule has 0 heterocycles. The van der Waals surface area contributed by atoms with Gasteiger partial charge in [-0.3, -0.25) is 0 Å². The number of hydrogen-bond donors (Lipinski definition) is 0. The van der Waals surface area contributed by atoms with Crippen molar-refractivity contribution in [3.05, 3.63) is 35.4 Å². The van der Waals surface area contributed by atoms with Crippen LogP contribution in [0, 0.1) is 17.8 Å². The van der Waals surface area contributed by atoms with E-state index in [-0.39, 0.29) is 5.97 Å². The lowest BCUT2D eigenvalue weighted by molar-refractivity contribution is 0.0505. The third-order valence-electron chi connectivity index (χ3n) is 7.08. The molecular weight excluding hydrogens is 332 g/mol. The lowest BCUT2D eigenvalue weighted by Gasteiger charge is -2.38. The third kappa shape index (κ3) is 5.59. The molecule has 0 spiro atoms. The van der Waals surface area contributed by atoms with E-state index in [0.717, 1.165) is 24.2 Å². The average molecular weight is 371 g/mol. The Balaban J connectivity index is 1.46. The molecule has 150 valence electrons. The van der Waals surface area contributed by atoms with E-state index in [1.807, 2.05) is 19.1 Å². The van der Waals surface area contributed by atoms with Crippen LogP contribution in [-0.2, 0) is 4.74 Å². The summed E-state index contributed by atoms with van der Waals surface area (Å²) in [5.41, 5.74) is 2.09. The van der Waals surface area contributed by atoms with Crippen LogP contribution < -0.4 is 0 Å². The summed E-state index contributed by atoms with van der Waals surface area (Å²) in [6.07, 6.45) is 15.0. The highest BCUT2D eigenvalue weighted by atomic mass is 16.5. The van der Waals surface area contributed by atoms with Crippen molar-refractivity contribution >= 4 is 5.97 Å². The van der Waals surface area contributed by atoms with E-state index in [1.165, 1.54) is 69.8 Å². The van der Waals surface area contributed by atoms with Crippen LogP contribution in [0.3, 0.4) is 0 Å². The Hall–Kier alpha value is -1.31. The van der Waals surface area contributed by atoms with Crippen molar-refractivity contribution < 1.29 is 9.53 Å². The van der Waals surface area contributed by atoms with Gasteiger partial charge >= 0.3 is 5.97 Å². The molecule has 0 bridgehead atoms. The van der Waals surface area contributed by atoms with Gasteiger partial charge in [0.15, 0.2) is 0 Å². The molecule has 0 unspecified atom stereocenters. The summed E-state index contributed by atoms with van der Waals surface area (Å²) in [4.78, 5) is 12.0. The van der Waals surface area contributed by atoms with E-state index in [0.29, 0.717) is 18.1 Å². The maximum atomic E-state index is 12.0. The molecule has 2 nitrogen and oxygen atoms in total. The van der Waals surface area contributed by atoms with E-state index in [1.54, 1.807) is 0 Å². The summed E-state index contributed by atoms with van der Waals surface area (Å²) in [5, 5.41) is 0. The molecule has 0 N–H and O–H groups in total. The highest BCUT2D eigenvalue weighted by Gasteiger charge is 2.31. The molecule has 0 amide bonds. The second-order valence-electron chi connectivity index (χ2n) is 8.94. The Morgan fingerprint density at radius 1 is 0.852 bits per heavy atom. The largest absolute Gasteiger partial charge is 0.462 e. The molecule has 0 radical (unpaired) electrons. The smallest absolute Gasteiger partial charge is 0.338 e. The van der Waals surface area contributed by atoms with Gasteiger partial charge in [0, 0.05) is 0 Å². The van der Waals surface area contributed by atoms with E-state index in [2.05, 4.69) is 19.1 Å². The second kappa shape index (κ2) is 10.3. The second-order valence-corrected chi connectivity index (χ2v) is 8.94. The molecule has 2 aliphatic carbocycles. The summed E-state index contributed by atoms with van der Waals surface area (Å²) in [6.45, 7) is 4.85. The van der Waals surface area contributed by atoms with Gasteiger partial charge in [-0.05, 0) is 86.3 Å². The number of esters is 1. The number of benzene rings is 1. The number of carbonyl (C=O) groups is 1. The number of rotatable bonds is 7. The lowest BCUT2D eigenvalue weighted by Crippen LogP contribution is -2.25. The van der Waals surface area contributed by atoms with Crippen LogP contribution in [0.25, 0.3) is 0 Å². The van der Waals surface area contributed by atoms with Crippen LogP contribution in [0.1, 0.15) is 106 Å². The van der Waals surface area contributed by atoms with Crippen molar-refractivity contribution in [1.29, 1.82) is 0 Å². The fourth-order valence-corrected chi connectivity index (χ4v) is 5.45. The van der Waals surface area contributed by atoms with E-state index >= 15 is 0 Å². The van der Waals surface area contributed by atoms with Gasteiger partial charge < -0.3 is 4.74 Å². The molecular formula is C25H38O2. The topological polar surface area (TPSA) is 26.3 Å². The number of carbonyl (C=O) groups excluding carboxylic acids is 1. The molecule has 2 fully saturated rings. The minimum absolute atomic E-state index is 0.189. The molecule has 3 rings (SSSR count). The summed E-state index contributed by atoms with van der Waals surface area (Å²) in [6, 6.07) is 8.22. The third-order valence-corrected chi connectivity index (χ3v) is 7.08. The van der Waals surface area contributed by atoms with Gasteiger partial charge in [-0.25, -0.2) is 4.79 Å². The summed E-state index contributed by atoms with van der Waals surface area (Å²) in [5.74, 6) is 3.47. The van der Waals surface area contributed by atoms with Crippen LogP contribution in [0.2, 0.25) is 0 Å². The van der Waals surface area contributed by atoms with Gasteiger partial charge in [-0.15, -0.1) is 0 Å². The van der Waals surface area contributed by atoms with Crippen LogP contribution in [-0.4, -0.2) is 12.6 Å². The maximum absolute atomic E-state index is 12.0. The average Bonchev–Trinajstić information content (AvgIpc) is 2.73. The van der Waals surface area contributed by atoms with E-state index in [9.17, 15) is 4.79 Å². The first-order chi connectivity index (χ1) is 13.2. The number of ether oxygens (including phenoxy) is 1. The molecule has 2 saturated carbocycles. The standard InChI is InChI=1S/C25H38O2/c1-3-5-19-6-8-20(9-7-19)21-10-12-22(13-11-21)23-14-16-24(17-15-23)25(26)27-18-4-2/h14-17,19-22H,3-13,18H2,1-2H3/t19-,20-,21?,22?. The van der Waals surface area contributed by atoms with Gasteiger partial charge in [0.2, 0.25) is 0 Å². The van der Waals surface area contributed by atoms with Crippen molar-refractivity contribution in [2.45, 2.75) is 90.4 Å². The van der Waals surface area contributed by atoms with Crippen LogP contribution >= 0.6 is 0 Å². The van der Waals surface area contributed by atoms with Crippen LogP contribution in [0.15, 0.2) is 24.3 Å². The van der Waals surface area contributed by atoms with Crippen molar-refractivity contribution in [2.75, 3.05) is 6.61 Å². The maximum Gasteiger partial charge on any atom is 0.338 e. The zero-order chi connectivity index (χ0) is 19.1. The van der Waals surface area contributed by atoms with Crippen molar-refractivity contribution in [3.63, 3.8) is 0 Å². The van der Waals surface area contributed by atoms with Crippen molar-refractivity contribution in [2.24, 2.45) is 17.8 Å². The van der Waals surface area contributed by atoms with Gasteiger partial charge in [0.1, 0.15) is 0 Å². The fourth-order valence-electron chi connectivity index (χ4n) is 5.45. The van der Waals surface area contributed by atoms with Gasteiger partial charge in [0.05, 0.1) is 12.2 Å². The summed E-state index contributed by atoms with van der Waals surface area (Å²) >= 11 is 0. The molecule has 0 atom stereocenters. The normalized spacial score (nSPS) is 28.7. The first-order valence-electron chi connectivity index (χ1n) is 11.5. The Labute approximate surface area is 166 Å². The molecule has 1 aromatic rings. The molecule has 0 aliphatic heterocycles. The number of hydrogen-bond acceptors (Lipinski definition) is 2. The minimum atomic E-state index is -0.189. The molecule has 0 aromatic heterocycles. The molecule has 1 aromatic carbocycles. The zero-order valence-electron chi connectivity index (χ0n) is 17.4. The van der Waals surface area contributed by atoms with Gasteiger partial charge in [0.25, 0.3) is 0 Å². The first kappa shape index (κ1) is 20.4. The fraction of sp³-hybridized carbons (Fsp3) is 0.720. The molecule has 2 heteroatoms. The minimum Gasteiger partial charge on any atom is -0.462 e. The first-order valence-corrected chi connectivity index (χ1v) is 11.5. The highest BCUT2D eigenvalue weighted by molar-refractivity contribution is 5.89. The molecule has 0 saturated heterocycles. The monoisotopic (exact) mass is 370 g/mol. The molecule has 27 heavy (non-hydrogen) atoms. The SMILES string of the molecule is CCCOC(=O)c1ccc(C2CCC([C@H]3CC[C@H](CCC)CC3)CC2)cc1. The Morgan fingerprint density at radius 3 is 2.00 bits per heavy atom. The van der Waals surface area contributed by atoms with E-state index < -0.39 is 0 Å². The summed E-state index contributed by atoms with van der Waals surface area (Å²) in [7, 11) is 0. The summed E-state index contributed by atoms with van der Waals surface area (Å²) < 4.78 is 5.23. The van der Waals surface area contributed by atoms with Crippen molar-refractivity contribution in [3.8, 4) is 0 Å². The highest BCUT2D eigenvalue weighted by Crippen LogP contribution is 2.44. The lowest BCUT2D eigenvalue weighted by atomic mass is 9.68. The van der Waals surface area contributed by atoms with Crippen LogP contribution in [0.5, 0.6) is 0 Å². The Kier molecular flexibility index (Phi) is 7.79. The Morgan fingerprint density at radius 2 is 1.44 bits per heavy atom. The quantitative estimate of drug-likeness (QED) is 0.477. The van der Waals surface area contributed by atoms with Gasteiger partial charge in [-0.2, -0.15) is 0 Å². The van der Waals surface area contributed by atoms with Crippen molar-refractivity contribution in [1.82, 2.24) is 0 Å². The Bertz CT molecular complexity index is 560. The predicted molar refractivity (Wildman–Crippen MR) is 112 cm³/mol. The van der Waals surface area contributed by atoms with Crippen LogP contribution in [0.4, 0.5) is 0 Å². The zero-order valence-corrected chi connectivity index (χ0v) is 17.4. The van der Waals surface area contributed by atoms with E-state index in [4.69, 9.17) is 4.74 Å². The predicted octanol–water partition coefficient (Wildman–Crippen LogP) is 7.13.